The van der Waals surface area contributed by atoms with Gasteiger partial charge in [-0.3, -0.25) is 9.59 Å². The van der Waals surface area contributed by atoms with Crippen molar-refractivity contribution in [1.82, 2.24) is 15.3 Å². The molecule has 2 N–H and O–H groups in total. The lowest BCUT2D eigenvalue weighted by molar-refractivity contribution is -0.116. The summed E-state index contributed by atoms with van der Waals surface area (Å²) in [4.78, 5) is 33.7. The molecule has 3 aromatic rings. The Balaban J connectivity index is 1.54. The van der Waals surface area contributed by atoms with Crippen molar-refractivity contribution in [3.8, 4) is 0 Å². The number of carbonyl (C=O) groups excluding carboxylic acids is 2. The number of nitrogens with zero attached hydrogens (tertiary/aromatic N) is 2. The molecule has 1 aromatic carbocycles. The molecule has 0 aliphatic heterocycles. The summed E-state index contributed by atoms with van der Waals surface area (Å²) in [6, 6.07) is 18.4. The molecule has 0 bridgehead atoms. The van der Waals surface area contributed by atoms with E-state index in [1.165, 1.54) is 11.8 Å². The minimum Gasteiger partial charge on any atom is -0.351 e. The fourth-order valence-corrected chi connectivity index (χ4v) is 3.17. The number of hydrogen-bond donors (Lipinski definition) is 2. The van der Waals surface area contributed by atoms with E-state index < -0.39 is 0 Å². The van der Waals surface area contributed by atoms with Crippen LogP contribution < -0.4 is 10.6 Å². The first-order valence-electron chi connectivity index (χ1n) is 8.39. The van der Waals surface area contributed by atoms with Crippen molar-refractivity contribution >= 4 is 29.4 Å². The molecule has 0 radical (unpaired) electrons. The third-order valence-corrected chi connectivity index (χ3v) is 4.57. The number of amides is 2. The van der Waals surface area contributed by atoms with Gasteiger partial charge in [-0.25, -0.2) is 9.97 Å². The maximum atomic E-state index is 12.5. The quantitative estimate of drug-likeness (QED) is 0.658. The van der Waals surface area contributed by atoms with Crippen molar-refractivity contribution in [2.75, 3.05) is 11.9 Å². The molecule has 6 nitrogen and oxygen atoms in total. The molecule has 2 amide bonds. The van der Waals surface area contributed by atoms with Gasteiger partial charge in [0.25, 0.3) is 5.91 Å². The summed E-state index contributed by atoms with van der Waals surface area (Å²) in [7, 11) is 0. The summed E-state index contributed by atoms with van der Waals surface area (Å²) in [5, 5.41) is 6.07. The highest BCUT2D eigenvalue weighted by molar-refractivity contribution is 7.99. The molecule has 0 atom stereocenters. The molecule has 0 saturated carbocycles. The summed E-state index contributed by atoms with van der Waals surface area (Å²) in [6.07, 6.45) is 3.41. The Morgan fingerprint density at radius 3 is 2.44 bits per heavy atom. The van der Waals surface area contributed by atoms with E-state index in [-0.39, 0.29) is 24.8 Å². The number of nitrogens with one attached hydrogen (secondary N) is 2. The molecule has 0 fully saturated rings. The number of rotatable bonds is 7. The highest BCUT2D eigenvalue weighted by atomic mass is 32.2. The standard InChI is InChI=1S/C20H18N4O2S/c25-18(24-17-10-4-5-12-21-17)11-14-22-19(26)16-9-6-13-23-20(16)27-15-7-2-1-3-8-15/h1-10,12-13H,11,14H2,(H,22,26)(H,21,24,25). The molecule has 0 aliphatic carbocycles. The lowest BCUT2D eigenvalue weighted by Crippen LogP contribution is -2.28. The summed E-state index contributed by atoms with van der Waals surface area (Å²) in [5.74, 6) is 0.0221. The SMILES string of the molecule is O=C(CCNC(=O)c1cccnc1Sc1ccccc1)Nc1ccccn1. The smallest absolute Gasteiger partial charge is 0.254 e. The average molecular weight is 378 g/mol. The van der Waals surface area contributed by atoms with Crippen LogP contribution >= 0.6 is 11.8 Å². The van der Waals surface area contributed by atoms with Gasteiger partial charge in [0.1, 0.15) is 10.8 Å². The summed E-state index contributed by atoms with van der Waals surface area (Å²) in [5.41, 5.74) is 0.483. The minimum atomic E-state index is -0.257. The zero-order valence-electron chi connectivity index (χ0n) is 14.5. The van der Waals surface area contributed by atoms with Crippen molar-refractivity contribution in [1.29, 1.82) is 0 Å². The Morgan fingerprint density at radius 1 is 0.889 bits per heavy atom. The highest BCUT2D eigenvalue weighted by Gasteiger charge is 2.13. The van der Waals surface area contributed by atoms with E-state index in [0.717, 1.165) is 4.90 Å². The lowest BCUT2D eigenvalue weighted by Gasteiger charge is -2.09. The number of pyridine rings is 2. The highest BCUT2D eigenvalue weighted by Crippen LogP contribution is 2.28. The van der Waals surface area contributed by atoms with Gasteiger partial charge in [0.2, 0.25) is 5.91 Å². The first-order valence-corrected chi connectivity index (χ1v) is 9.21. The van der Waals surface area contributed by atoms with E-state index in [0.29, 0.717) is 16.4 Å². The third kappa shape index (κ3) is 5.65. The van der Waals surface area contributed by atoms with Gasteiger partial charge < -0.3 is 10.6 Å². The zero-order valence-corrected chi connectivity index (χ0v) is 15.3. The Morgan fingerprint density at radius 2 is 1.67 bits per heavy atom. The van der Waals surface area contributed by atoms with Crippen LogP contribution in [0.5, 0.6) is 0 Å². The number of hydrogen-bond acceptors (Lipinski definition) is 5. The van der Waals surface area contributed by atoms with Crippen LogP contribution in [0.1, 0.15) is 16.8 Å². The summed E-state index contributed by atoms with van der Waals surface area (Å²) >= 11 is 1.42. The average Bonchev–Trinajstić information content (AvgIpc) is 2.70. The molecule has 7 heteroatoms. The molecular formula is C20H18N4O2S. The zero-order chi connectivity index (χ0) is 18.9. The van der Waals surface area contributed by atoms with Crippen LogP contribution in [0.15, 0.2) is 83.0 Å². The van der Waals surface area contributed by atoms with Gasteiger partial charge in [-0.05, 0) is 36.4 Å². The Labute approximate surface area is 161 Å². The fraction of sp³-hybridized carbons (Fsp3) is 0.100. The molecule has 3 rings (SSSR count). The predicted octanol–water partition coefficient (Wildman–Crippen LogP) is 3.39. The normalized spacial score (nSPS) is 10.2. The molecule has 0 saturated heterocycles. The second-order valence-electron chi connectivity index (χ2n) is 5.54. The van der Waals surface area contributed by atoms with Crippen LogP contribution in [-0.4, -0.2) is 28.3 Å². The van der Waals surface area contributed by atoms with E-state index >= 15 is 0 Å². The molecule has 27 heavy (non-hydrogen) atoms. The molecule has 0 spiro atoms. The van der Waals surface area contributed by atoms with Crippen LogP contribution in [0, 0.1) is 0 Å². The van der Waals surface area contributed by atoms with Crippen molar-refractivity contribution in [2.45, 2.75) is 16.3 Å². The second-order valence-corrected chi connectivity index (χ2v) is 6.60. The van der Waals surface area contributed by atoms with Crippen molar-refractivity contribution in [3.05, 3.63) is 78.6 Å². The molecule has 2 heterocycles. The second kappa shape index (κ2) is 9.49. The van der Waals surface area contributed by atoms with Crippen molar-refractivity contribution in [3.63, 3.8) is 0 Å². The van der Waals surface area contributed by atoms with Gasteiger partial charge >= 0.3 is 0 Å². The van der Waals surface area contributed by atoms with Crippen LogP contribution in [0.3, 0.4) is 0 Å². The minimum absolute atomic E-state index is 0.156. The maximum Gasteiger partial charge on any atom is 0.254 e. The molecule has 136 valence electrons. The van der Waals surface area contributed by atoms with Crippen LogP contribution in [0.4, 0.5) is 5.82 Å². The van der Waals surface area contributed by atoms with E-state index in [1.807, 2.05) is 30.3 Å². The lowest BCUT2D eigenvalue weighted by atomic mass is 10.2. The van der Waals surface area contributed by atoms with Crippen LogP contribution in [0.2, 0.25) is 0 Å². The Bertz CT molecular complexity index is 904. The molecular weight excluding hydrogens is 360 g/mol. The number of aromatic nitrogens is 2. The van der Waals surface area contributed by atoms with Crippen LogP contribution in [0.25, 0.3) is 0 Å². The van der Waals surface area contributed by atoms with E-state index in [1.54, 1.807) is 42.7 Å². The van der Waals surface area contributed by atoms with E-state index in [2.05, 4.69) is 20.6 Å². The van der Waals surface area contributed by atoms with Gasteiger partial charge in [0.15, 0.2) is 0 Å². The maximum absolute atomic E-state index is 12.5. The number of benzene rings is 1. The molecule has 2 aromatic heterocycles. The Hall–Kier alpha value is -3.19. The van der Waals surface area contributed by atoms with Gasteiger partial charge in [-0.15, -0.1) is 0 Å². The van der Waals surface area contributed by atoms with Crippen LogP contribution in [-0.2, 0) is 4.79 Å². The fourth-order valence-electron chi connectivity index (χ4n) is 2.27. The van der Waals surface area contributed by atoms with E-state index in [9.17, 15) is 9.59 Å². The number of anilines is 1. The predicted molar refractivity (Wildman–Crippen MR) is 105 cm³/mol. The first-order chi connectivity index (χ1) is 13.2. The third-order valence-electron chi connectivity index (χ3n) is 3.54. The molecule has 0 unspecified atom stereocenters. The van der Waals surface area contributed by atoms with Gasteiger partial charge in [0, 0.05) is 30.3 Å². The number of carbonyl (C=O) groups is 2. The monoisotopic (exact) mass is 378 g/mol. The van der Waals surface area contributed by atoms with Gasteiger partial charge in [-0.1, -0.05) is 36.0 Å². The summed E-state index contributed by atoms with van der Waals surface area (Å²) < 4.78 is 0. The van der Waals surface area contributed by atoms with Crippen molar-refractivity contribution in [2.24, 2.45) is 0 Å². The van der Waals surface area contributed by atoms with Gasteiger partial charge in [-0.2, -0.15) is 0 Å². The first kappa shape index (κ1) is 18.6. The Kier molecular flexibility index (Phi) is 6.54. The summed E-state index contributed by atoms with van der Waals surface area (Å²) in [6.45, 7) is 0.224. The van der Waals surface area contributed by atoms with E-state index in [4.69, 9.17) is 0 Å². The van der Waals surface area contributed by atoms with Gasteiger partial charge in [0.05, 0.1) is 5.56 Å². The largest absolute Gasteiger partial charge is 0.351 e. The van der Waals surface area contributed by atoms with Crippen molar-refractivity contribution < 1.29 is 9.59 Å². The topological polar surface area (TPSA) is 84.0 Å². The molecule has 0 aliphatic rings.